The van der Waals surface area contributed by atoms with Crippen molar-refractivity contribution in [2.75, 3.05) is 13.6 Å². The average Bonchev–Trinajstić information content (AvgIpc) is 3.12. The Labute approximate surface area is 116 Å². The van der Waals surface area contributed by atoms with Gasteiger partial charge in [-0.3, -0.25) is 0 Å². The lowest BCUT2D eigenvalue weighted by atomic mass is 10.2. The highest BCUT2D eigenvalue weighted by Crippen LogP contribution is 2.32. The first-order valence-electron chi connectivity index (χ1n) is 5.90. The van der Waals surface area contributed by atoms with Crippen LogP contribution in [0.1, 0.15) is 18.4 Å². The molecule has 0 heterocycles. The highest BCUT2D eigenvalue weighted by atomic mass is 79.9. The average molecular weight is 333 g/mol. The quantitative estimate of drug-likeness (QED) is 0.896. The third-order valence-corrected chi connectivity index (χ3v) is 5.93. The van der Waals surface area contributed by atoms with Gasteiger partial charge in [0.25, 0.3) is 0 Å². The highest BCUT2D eigenvalue weighted by molar-refractivity contribution is 9.10. The zero-order valence-corrected chi connectivity index (χ0v) is 12.7. The van der Waals surface area contributed by atoms with Crippen molar-refractivity contribution in [3.63, 3.8) is 0 Å². The summed E-state index contributed by atoms with van der Waals surface area (Å²) in [6, 6.07) is 5.13. The van der Waals surface area contributed by atoms with E-state index in [9.17, 15) is 8.42 Å². The summed E-state index contributed by atoms with van der Waals surface area (Å²) in [7, 11) is -1.77. The molecule has 1 aliphatic rings. The third kappa shape index (κ3) is 2.93. The van der Waals surface area contributed by atoms with E-state index in [0.29, 0.717) is 28.4 Å². The molecule has 2 rings (SSSR count). The van der Waals surface area contributed by atoms with Crippen LogP contribution in [0.5, 0.6) is 0 Å². The Morgan fingerprint density at radius 1 is 1.44 bits per heavy atom. The van der Waals surface area contributed by atoms with E-state index in [2.05, 4.69) is 15.9 Å². The van der Waals surface area contributed by atoms with E-state index in [0.717, 1.165) is 18.4 Å². The Morgan fingerprint density at radius 2 is 2.11 bits per heavy atom. The fourth-order valence-electron chi connectivity index (χ4n) is 1.81. The number of sulfonamides is 1. The van der Waals surface area contributed by atoms with Gasteiger partial charge >= 0.3 is 0 Å². The Kier molecular flexibility index (Phi) is 4.11. The van der Waals surface area contributed by atoms with Crippen LogP contribution in [-0.4, -0.2) is 26.3 Å². The standard InChI is InChI=1S/C12H17BrN2O2S/c1-15(8-9-2-3-9)18(16,17)12-5-4-10(7-14)6-11(12)13/h4-6,9H,2-3,7-8,14H2,1H3. The van der Waals surface area contributed by atoms with Gasteiger partial charge in [-0.1, -0.05) is 6.07 Å². The van der Waals surface area contributed by atoms with Crippen molar-refractivity contribution in [3.05, 3.63) is 28.2 Å². The van der Waals surface area contributed by atoms with E-state index < -0.39 is 10.0 Å². The number of nitrogens with two attached hydrogens (primary N) is 1. The van der Waals surface area contributed by atoms with Crippen LogP contribution in [0.4, 0.5) is 0 Å². The molecule has 0 unspecified atom stereocenters. The van der Waals surface area contributed by atoms with Crippen molar-refractivity contribution in [1.82, 2.24) is 4.31 Å². The van der Waals surface area contributed by atoms with Crippen LogP contribution in [-0.2, 0) is 16.6 Å². The van der Waals surface area contributed by atoms with E-state index in [1.54, 1.807) is 25.2 Å². The van der Waals surface area contributed by atoms with Gasteiger partial charge in [-0.25, -0.2) is 12.7 Å². The van der Waals surface area contributed by atoms with Gasteiger partial charge in [0, 0.05) is 24.6 Å². The minimum Gasteiger partial charge on any atom is -0.326 e. The zero-order valence-electron chi connectivity index (χ0n) is 10.3. The molecule has 2 N–H and O–H groups in total. The summed E-state index contributed by atoms with van der Waals surface area (Å²) in [5, 5.41) is 0. The van der Waals surface area contributed by atoms with Crippen LogP contribution in [0.3, 0.4) is 0 Å². The Balaban J connectivity index is 2.28. The largest absolute Gasteiger partial charge is 0.326 e. The van der Waals surface area contributed by atoms with Crippen LogP contribution < -0.4 is 5.73 Å². The summed E-state index contributed by atoms with van der Waals surface area (Å²) >= 11 is 3.31. The van der Waals surface area contributed by atoms with Gasteiger partial charge in [-0.2, -0.15) is 0 Å². The van der Waals surface area contributed by atoms with Gasteiger partial charge in [0.15, 0.2) is 0 Å². The van der Waals surface area contributed by atoms with Crippen molar-refractivity contribution in [3.8, 4) is 0 Å². The van der Waals surface area contributed by atoms with Crippen molar-refractivity contribution >= 4 is 26.0 Å². The number of benzene rings is 1. The van der Waals surface area contributed by atoms with Crippen molar-refractivity contribution in [1.29, 1.82) is 0 Å². The Morgan fingerprint density at radius 3 is 2.61 bits per heavy atom. The molecule has 0 bridgehead atoms. The second-order valence-electron chi connectivity index (χ2n) is 4.70. The van der Waals surface area contributed by atoms with Crippen molar-refractivity contribution in [2.45, 2.75) is 24.3 Å². The lowest BCUT2D eigenvalue weighted by Gasteiger charge is -2.18. The summed E-state index contributed by atoms with van der Waals surface area (Å²) in [4.78, 5) is 0.308. The molecule has 0 saturated heterocycles. The lowest BCUT2D eigenvalue weighted by molar-refractivity contribution is 0.452. The van der Waals surface area contributed by atoms with Crippen LogP contribution in [0.25, 0.3) is 0 Å². The maximum atomic E-state index is 12.4. The molecule has 0 atom stereocenters. The molecule has 0 amide bonds. The van der Waals surface area contributed by atoms with E-state index in [-0.39, 0.29) is 0 Å². The fourth-order valence-corrected chi connectivity index (χ4v) is 4.14. The first kappa shape index (κ1) is 14.0. The van der Waals surface area contributed by atoms with Gasteiger partial charge in [0.2, 0.25) is 10.0 Å². The van der Waals surface area contributed by atoms with E-state index in [4.69, 9.17) is 5.73 Å². The minimum atomic E-state index is -3.40. The predicted molar refractivity (Wildman–Crippen MR) is 74.6 cm³/mol. The minimum absolute atomic E-state index is 0.308. The Bertz CT molecular complexity index is 541. The molecule has 1 fully saturated rings. The predicted octanol–water partition coefficient (Wildman–Crippen LogP) is 1.94. The third-order valence-electron chi connectivity index (χ3n) is 3.13. The zero-order chi connectivity index (χ0) is 13.3. The molecule has 6 heteroatoms. The molecule has 1 aliphatic carbocycles. The second kappa shape index (κ2) is 5.28. The first-order valence-corrected chi connectivity index (χ1v) is 8.13. The maximum absolute atomic E-state index is 12.4. The fraction of sp³-hybridized carbons (Fsp3) is 0.500. The molecule has 4 nitrogen and oxygen atoms in total. The highest BCUT2D eigenvalue weighted by Gasteiger charge is 2.30. The molecule has 0 spiro atoms. The number of hydrogen-bond acceptors (Lipinski definition) is 3. The van der Waals surface area contributed by atoms with E-state index >= 15 is 0 Å². The molecule has 1 aromatic carbocycles. The number of halogens is 1. The molecule has 1 aromatic rings. The summed E-state index contributed by atoms with van der Waals surface area (Å²) in [5.74, 6) is 0.534. The molecule has 100 valence electrons. The first-order chi connectivity index (χ1) is 8.45. The monoisotopic (exact) mass is 332 g/mol. The van der Waals surface area contributed by atoms with Crippen LogP contribution in [0.2, 0.25) is 0 Å². The molecule has 1 saturated carbocycles. The molecule has 0 aliphatic heterocycles. The normalized spacial score (nSPS) is 16.2. The van der Waals surface area contributed by atoms with Crippen LogP contribution in [0, 0.1) is 5.92 Å². The van der Waals surface area contributed by atoms with Crippen LogP contribution >= 0.6 is 15.9 Å². The van der Waals surface area contributed by atoms with Gasteiger partial charge in [0.1, 0.15) is 0 Å². The molecular formula is C12H17BrN2O2S. The molecule has 0 aromatic heterocycles. The van der Waals surface area contributed by atoms with E-state index in [1.807, 2.05) is 0 Å². The topological polar surface area (TPSA) is 63.4 Å². The Hall–Kier alpha value is -0.430. The van der Waals surface area contributed by atoms with Gasteiger partial charge in [0.05, 0.1) is 4.90 Å². The summed E-state index contributed by atoms with van der Waals surface area (Å²) in [6.07, 6.45) is 2.26. The van der Waals surface area contributed by atoms with Gasteiger partial charge in [-0.15, -0.1) is 0 Å². The van der Waals surface area contributed by atoms with Crippen molar-refractivity contribution in [2.24, 2.45) is 11.7 Å². The lowest BCUT2D eigenvalue weighted by Crippen LogP contribution is -2.29. The van der Waals surface area contributed by atoms with Gasteiger partial charge < -0.3 is 5.73 Å². The molecule has 0 radical (unpaired) electrons. The second-order valence-corrected chi connectivity index (χ2v) is 7.57. The molecular weight excluding hydrogens is 316 g/mol. The SMILES string of the molecule is CN(CC1CC1)S(=O)(=O)c1ccc(CN)cc1Br. The smallest absolute Gasteiger partial charge is 0.243 e. The number of hydrogen-bond donors (Lipinski definition) is 1. The van der Waals surface area contributed by atoms with E-state index in [1.165, 1.54) is 4.31 Å². The summed E-state index contributed by atoms with van der Waals surface area (Å²) in [5.41, 5.74) is 6.44. The summed E-state index contributed by atoms with van der Waals surface area (Å²) in [6.45, 7) is 1.00. The maximum Gasteiger partial charge on any atom is 0.243 e. The van der Waals surface area contributed by atoms with Gasteiger partial charge in [-0.05, 0) is 52.4 Å². The molecule has 18 heavy (non-hydrogen) atoms. The van der Waals surface area contributed by atoms with Crippen molar-refractivity contribution < 1.29 is 8.42 Å². The number of nitrogens with zero attached hydrogens (tertiary/aromatic N) is 1. The summed E-state index contributed by atoms with van der Waals surface area (Å²) < 4.78 is 26.8. The number of rotatable bonds is 5. The van der Waals surface area contributed by atoms with Crippen LogP contribution in [0.15, 0.2) is 27.6 Å².